The van der Waals surface area contributed by atoms with E-state index in [9.17, 15) is 17.6 Å². The Morgan fingerprint density at radius 1 is 1.32 bits per heavy atom. The minimum Gasteiger partial charge on any atom is -0.346 e. The van der Waals surface area contributed by atoms with E-state index >= 15 is 0 Å². The number of halogens is 1. The number of H-pyrrole nitrogens is 1. The Morgan fingerprint density at radius 3 is 2.68 bits per heavy atom. The molecule has 31 heavy (non-hydrogen) atoms. The van der Waals surface area contributed by atoms with Gasteiger partial charge in [-0.15, -0.1) is 0 Å². The van der Waals surface area contributed by atoms with Crippen LogP contribution < -0.4 is 10.6 Å². The topological polar surface area (TPSA) is 117 Å². The number of carbonyl (C=O) groups is 1. The van der Waals surface area contributed by atoms with Gasteiger partial charge in [0.2, 0.25) is 0 Å². The Balaban J connectivity index is 1.61. The predicted molar refractivity (Wildman–Crippen MR) is 119 cm³/mol. The van der Waals surface area contributed by atoms with Crippen molar-refractivity contribution in [3.05, 3.63) is 47.4 Å². The first-order valence-electron chi connectivity index (χ1n) is 9.60. The summed E-state index contributed by atoms with van der Waals surface area (Å²) in [5.41, 5.74) is 2.04. The molecule has 0 atom stereocenters. The molecule has 0 spiro atoms. The highest BCUT2D eigenvalue weighted by atomic mass is 32.2. The quantitative estimate of drug-likeness (QED) is 0.490. The lowest BCUT2D eigenvalue weighted by atomic mass is 10.1. The number of sulfone groups is 1. The van der Waals surface area contributed by atoms with Crippen molar-refractivity contribution in [2.45, 2.75) is 38.0 Å². The molecule has 3 N–H and O–H groups in total. The number of urea groups is 1. The van der Waals surface area contributed by atoms with Gasteiger partial charge in [-0.1, -0.05) is 31.3 Å². The van der Waals surface area contributed by atoms with Crippen LogP contribution in [0.5, 0.6) is 0 Å². The Bertz CT molecular complexity index is 1200. The molecule has 0 saturated heterocycles. The molecule has 0 aliphatic carbocycles. The van der Waals surface area contributed by atoms with Gasteiger partial charge in [-0.3, -0.25) is 5.32 Å². The van der Waals surface area contributed by atoms with Crippen LogP contribution in [0.2, 0.25) is 0 Å². The third-order valence-electron chi connectivity index (χ3n) is 4.49. The predicted octanol–water partition coefficient (Wildman–Crippen LogP) is 3.87. The summed E-state index contributed by atoms with van der Waals surface area (Å²) in [4.78, 5) is 24.3. The number of imidazole rings is 1. The molecule has 2 amide bonds. The molecule has 0 aliphatic heterocycles. The Morgan fingerprint density at radius 2 is 2.06 bits per heavy atom. The zero-order valence-electron chi connectivity index (χ0n) is 17.6. The summed E-state index contributed by atoms with van der Waals surface area (Å²) in [6, 6.07) is 3.53. The van der Waals surface area contributed by atoms with Crippen molar-refractivity contribution in [1.29, 1.82) is 0 Å². The summed E-state index contributed by atoms with van der Waals surface area (Å²) in [5.74, 6) is 0.397. The van der Waals surface area contributed by atoms with E-state index in [2.05, 4.69) is 25.6 Å². The van der Waals surface area contributed by atoms with Crippen LogP contribution in [-0.4, -0.2) is 42.2 Å². The second kappa shape index (κ2) is 9.15. The lowest BCUT2D eigenvalue weighted by Gasteiger charge is -2.05. The lowest BCUT2D eigenvalue weighted by Crippen LogP contribution is -2.30. The van der Waals surface area contributed by atoms with Crippen molar-refractivity contribution >= 4 is 32.3 Å². The van der Waals surface area contributed by atoms with Crippen molar-refractivity contribution in [2.75, 3.05) is 18.1 Å². The molecule has 8 nitrogen and oxygen atoms in total. The van der Waals surface area contributed by atoms with Crippen molar-refractivity contribution in [3.8, 4) is 10.4 Å². The van der Waals surface area contributed by atoms with Crippen molar-refractivity contribution in [1.82, 2.24) is 20.3 Å². The summed E-state index contributed by atoms with van der Waals surface area (Å²) in [7, 11) is -3.64. The molecule has 0 radical (unpaired) electrons. The van der Waals surface area contributed by atoms with E-state index in [1.807, 2.05) is 13.8 Å². The van der Waals surface area contributed by atoms with Crippen LogP contribution >= 0.6 is 11.3 Å². The number of thiazole rings is 1. The molecule has 2 heterocycles. The van der Waals surface area contributed by atoms with Crippen LogP contribution in [0.3, 0.4) is 0 Å². The number of rotatable bonds is 7. The fourth-order valence-corrected chi connectivity index (χ4v) is 4.60. The summed E-state index contributed by atoms with van der Waals surface area (Å²) in [6.45, 7) is 6.25. The van der Waals surface area contributed by atoms with Crippen LogP contribution in [0.1, 0.15) is 37.0 Å². The molecular formula is C20H24FN5O3S2. The van der Waals surface area contributed by atoms with E-state index in [1.54, 1.807) is 13.1 Å². The van der Waals surface area contributed by atoms with Crippen molar-refractivity contribution < 1.29 is 17.6 Å². The number of carbonyl (C=O) groups excluding carboxylic acids is 1. The van der Waals surface area contributed by atoms with Crippen LogP contribution in [0.15, 0.2) is 29.3 Å². The summed E-state index contributed by atoms with van der Waals surface area (Å²) < 4.78 is 37.4. The highest BCUT2D eigenvalue weighted by molar-refractivity contribution is 7.90. The van der Waals surface area contributed by atoms with E-state index in [1.165, 1.54) is 23.5 Å². The molecule has 1 aromatic carbocycles. The van der Waals surface area contributed by atoms with Gasteiger partial charge >= 0.3 is 6.03 Å². The number of aromatic amines is 1. The van der Waals surface area contributed by atoms with Crippen molar-refractivity contribution in [3.63, 3.8) is 0 Å². The molecule has 2 aromatic heterocycles. The smallest absolute Gasteiger partial charge is 0.321 e. The number of benzene rings is 1. The Labute approximate surface area is 184 Å². The van der Waals surface area contributed by atoms with Crippen LogP contribution in [0.4, 0.5) is 14.3 Å². The molecule has 0 bridgehead atoms. The third kappa shape index (κ3) is 5.67. The third-order valence-corrected chi connectivity index (χ3v) is 6.74. The van der Waals surface area contributed by atoms with Gasteiger partial charge in [-0.25, -0.2) is 27.6 Å². The van der Waals surface area contributed by atoms with E-state index in [4.69, 9.17) is 0 Å². The first kappa shape index (κ1) is 22.9. The summed E-state index contributed by atoms with van der Waals surface area (Å²) in [5, 5.41) is 5.80. The number of aryl methyl sites for hydroxylation is 1. The second-order valence-corrected chi connectivity index (χ2v) is 10.4. The SMILES string of the molecule is Cc1nc(NC(=O)NCCc2cnc(C(C)C)[nH]2)sc1-c1ccc(S(C)(=O)=O)c(F)c1. The second-order valence-electron chi connectivity index (χ2n) is 7.43. The number of hydrogen-bond donors (Lipinski definition) is 3. The van der Waals surface area contributed by atoms with Gasteiger partial charge in [0.05, 0.1) is 10.6 Å². The van der Waals surface area contributed by atoms with Gasteiger partial charge in [0.15, 0.2) is 15.0 Å². The van der Waals surface area contributed by atoms with E-state index < -0.39 is 21.7 Å². The maximum Gasteiger partial charge on any atom is 0.321 e. The highest BCUT2D eigenvalue weighted by Gasteiger charge is 2.17. The molecule has 0 unspecified atom stereocenters. The Kier molecular flexibility index (Phi) is 6.75. The molecule has 0 saturated carbocycles. The lowest BCUT2D eigenvalue weighted by molar-refractivity contribution is 0.252. The first-order chi connectivity index (χ1) is 14.5. The van der Waals surface area contributed by atoms with Gasteiger partial charge in [0.25, 0.3) is 0 Å². The number of aromatic nitrogens is 3. The largest absolute Gasteiger partial charge is 0.346 e. The maximum absolute atomic E-state index is 14.2. The van der Waals surface area contributed by atoms with E-state index in [0.29, 0.717) is 40.1 Å². The van der Waals surface area contributed by atoms with Gasteiger partial charge in [0.1, 0.15) is 16.5 Å². The number of nitrogens with zero attached hydrogens (tertiary/aromatic N) is 2. The minimum atomic E-state index is -3.64. The fourth-order valence-electron chi connectivity index (χ4n) is 2.91. The number of nitrogens with one attached hydrogen (secondary N) is 3. The number of hydrogen-bond acceptors (Lipinski definition) is 6. The molecule has 11 heteroatoms. The zero-order valence-corrected chi connectivity index (χ0v) is 19.2. The summed E-state index contributed by atoms with van der Waals surface area (Å²) in [6.07, 6.45) is 3.33. The Hall–Kier alpha value is -2.79. The molecule has 166 valence electrons. The number of anilines is 1. The minimum absolute atomic E-state index is 0.309. The molecular weight excluding hydrogens is 441 g/mol. The molecule has 0 aliphatic rings. The van der Waals surface area contributed by atoms with Gasteiger partial charge in [-0.2, -0.15) is 0 Å². The van der Waals surface area contributed by atoms with Crippen LogP contribution in [0, 0.1) is 12.7 Å². The first-order valence-corrected chi connectivity index (χ1v) is 12.3. The highest BCUT2D eigenvalue weighted by Crippen LogP contribution is 2.34. The normalized spacial score (nSPS) is 11.7. The molecule has 3 aromatic rings. The molecule has 3 rings (SSSR count). The van der Waals surface area contributed by atoms with E-state index in [0.717, 1.165) is 23.8 Å². The average molecular weight is 466 g/mol. The van der Waals surface area contributed by atoms with Crippen LogP contribution in [-0.2, 0) is 16.3 Å². The zero-order chi connectivity index (χ0) is 22.8. The van der Waals surface area contributed by atoms with Gasteiger partial charge in [-0.05, 0) is 24.6 Å². The average Bonchev–Trinajstić information content (AvgIpc) is 3.27. The van der Waals surface area contributed by atoms with Crippen LogP contribution in [0.25, 0.3) is 10.4 Å². The van der Waals surface area contributed by atoms with Gasteiger partial charge in [0, 0.05) is 37.0 Å². The van der Waals surface area contributed by atoms with E-state index in [-0.39, 0.29) is 4.90 Å². The maximum atomic E-state index is 14.2. The summed E-state index contributed by atoms with van der Waals surface area (Å²) >= 11 is 1.18. The van der Waals surface area contributed by atoms with Crippen molar-refractivity contribution in [2.24, 2.45) is 0 Å². The monoisotopic (exact) mass is 465 g/mol. The fraction of sp³-hybridized carbons (Fsp3) is 0.350. The standard InChI is InChI=1S/C20H24FN5O3S2/c1-11(2)18-23-10-14(25-18)7-8-22-19(27)26-20-24-12(3)17(30-20)13-5-6-16(15(21)9-13)31(4,28)29/h5-6,9-11H,7-8H2,1-4H3,(H,23,25)(H2,22,24,26,27). The van der Waals surface area contributed by atoms with Gasteiger partial charge < -0.3 is 10.3 Å². The molecule has 0 fully saturated rings. The number of amides is 2.